The Bertz CT molecular complexity index is 859. The zero-order chi connectivity index (χ0) is 13.5. The first kappa shape index (κ1) is 10.9. The van der Waals surface area contributed by atoms with Crippen LogP contribution in [0.3, 0.4) is 0 Å². The summed E-state index contributed by atoms with van der Waals surface area (Å²) in [6.07, 6.45) is 6.80. The van der Waals surface area contributed by atoms with Gasteiger partial charge in [0.1, 0.15) is 11.3 Å². The maximum atomic E-state index is 12.7. The third-order valence-corrected chi connectivity index (χ3v) is 3.39. The fourth-order valence-corrected chi connectivity index (χ4v) is 2.43. The molecule has 0 aliphatic carbocycles. The van der Waals surface area contributed by atoms with Gasteiger partial charge in [-0.2, -0.15) is 0 Å². The van der Waals surface area contributed by atoms with E-state index in [9.17, 15) is 4.79 Å². The standard InChI is InChI=1S/C15H10N4O/c20-13(11-7-18-14-9(11)3-1-5-16-14)12-8-19-15-10(12)4-2-6-17-15/h1-8H,(H,16,18)(H,17,19). The van der Waals surface area contributed by atoms with Gasteiger partial charge in [0, 0.05) is 46.7 Å². The number of nitrogens with zero attached hydrogens (tertiary/aromatic N) is 2. The summed E-state index contributed by atoms with van der Waals surface area (Å²) in [5.41, 5.74) is 2.68. The summed E-state index contributed by atoms with van der Waals surface area (Å²) < 4.78 is 0. The van der Waals surface area contributed by atoms with Crippen molar-refractivity contribution in [2.75, 3.05) is 0 Å². The van der Waals surface area contributed by atoms with Crippen LogP contribution in [0.4, 0.5) is 0 Å². The second kappa shape index (κ2) is 4.03. The lowest BCUT2D eigenvalue weighted by molar-refractivity contribution is 0.104. The van der Waals surface area contributed by atoms with Crippen LogP contribution in [-0.2, 0) is 0 Å². The van der Waals surface area contributed by atoms with Crippen molar-refractivity contribution in [3.8, 4) is 0 Å². The van der Waals surface area contributed by atoms with Crippen molar-refractivity contribution in [2.24, 2.45) is 0 Å². The molecule has 0 fully saturated rings. The molecule has 96 valence electrons. The summed E-state index contributed by atoms with van der Waals surface area (Å²) in [6.45, 7) is 0. The molecule has 0 atom stereocenters. The molecule has 0 amide bonds. The van der Waals surface area contributed by atoms with Gasteiger partial charge in [-0.15, -0.1) is 0 Å². The Balaban J connectivity index is 1.92. The summed E-state index contributed by atoms with van der Waals surface area (Å²) in [5, 5.41) is 1.66. The summed E-state index contributed by atoms with van der Waals surface area (Å²) in [5.74, 6) is -0.0384. The van der Waals surface area contributed by atoms with Crippen molar-refractivity contribution in [1.29, 1.82) is 0 Å². The number of hydrogen-bond donors (Lipinski definition) is 2. The Morgan fingerprint density at radius 3 is 1.85 bits per heavy atom. The number of fused-ring (bicyclic) bond motifs is 2. The van der Waals surface area contributed by atoms with E-state index in [4.69, 9.17) is 0 Å². The number of H-pyrrole nitrogens is 2. The molecule has 4 rings (SSSR count). The predicted molar refractivity (Wildman–Crippen MR) is 75.6 cm³/mol. The van der Waals surface area contributed by atoms with Crippen molar-refractivity contribution in [2.45, 2.75) is 0 Å². The lowest BCUT2D eigenvalue weighted by atomic mass is 10.0. The van der Waals surface area contributed by atoms with Crippen LogP contribution < -0.4 is 0 Å². The van der Waals surface area contributed by atoms with Crippen LogP contribution in [0.15, 0.2) is 49.1 Å². The summed E-state index contributed by atoms with van der Waals surface area (Å²) in [6, 6.07) is 7.42. The van der Waals surface area contributed by atoms with Crippen LogP contribution >= 0.6 is 0 Å². The maximum Gasteiger partial charge on any atom is 0.197 e. The molecule has 4 aromatic heterocycles. The second-order valence-corrected chi connectivity index (χ2v) is 4.53. The maximum absolute atomic E-state index is 12.7. The van der Waals surface area contributed by atoms with Gasteiger partial charge in [0.25, 0.3) is 0 Å². The molecule has 0 aromatic carbocycles. The van der Waals surface area contributed by atoms with Gasteiger partial charge in [0.2, 0.25) is 0 Å². The van der Waals surface area contributed by atoms with Gasteiger partial charge in [-0.1, -0.05) is 0 Å². The molecule has 0 radical (unpaired) electrons. The van der Waals surface area contributed by atoms with Gasteiger partial charge in [-0.3, -0.25) is 4.79 Å². The van der Waals surface area contributed by atoms with Crippen molar-refractivity contribution in [3.05, 3.63) is 60.2 Å². The third-order valence-electron chi connectivity index (χ3n) is 3.39. The molecule has 4 heterocycles. The van der Waals surface area contributed by atoms with Crippen LogP contribution in [0, 0.1) is 0 Å². The van der Waals surface area contributed by atoms with Crippen molar-refractivity contribution in [1.82, 2.24) is 19.9 Å². The highest BCUT2D eigenvalue weighted by Crippen LogP contribution is 2.23. The minimum absolute atomic E-state index is 0.0384. The predicted octanol–water partition coefficient (Wildman–Crippen LogP) is 2.67. The number of aromatic amines is 2. The first-order valence-electron chi connectivity index (χ1n) is 6.23. The van der Waals surface area contributed by atoms with E-state index in [1.54, 1.807) is 24.8 Å². The minimum atomic E-state index is -0.0384. The Kier molecular flexibility index (Phi) is 2.20. The smallest absolute Gasteiger partial charge is 0.197 e. The molecule has 5 nitrogen and oxygen atoms in total. The fraction of sp³-hybridized carbons (Fsp3) is 0. The van der Waals surface area contributed by atoms with Crippen LogP contribution in [0.1, 0.15) is 15.9 Å². The Hall–Kier alpha value is -2.95. The molecule has 0 saturated heterocycles. The molecule has 5 heteroatoms. The zero-order valence-electron chi connectivity index (χ0n) is 10.4. The van der Waals surface area contributed by atoms with Crippen LogP contribution in [-0.4, -0.2) is 25.7 Å². The SMILES string of the molecule is O=C(c1c[nH]c2ncccc12)c1c[nH]c2ncccc12. The van der Waals surface area contributed by atoms with E-state index in [1.165, 1.54) is 0 Å². The zero-order valence-corrected chi connectivity index (χ0v) is 10.4. The van der Waals surface area contributed by atoms with Crippen molar-refractivity contribution < 1.29 is 4.79 Å². The van der Waals surface area contributed by atoms with Gasteiger partial charge in [-0.05, 0) is 24.3 Å². The topological polar surface area (TPSA) is 74.4 Å². The van der Waals surface area contributed by atoms with E-state index in [2.05, 4.69) is 19.9 Å². The van der Waals surface area contributed by atoms with E-state index in [0.29, 0.717) is 22.4 Å². The number of rotatable bonds is 2. The van der Waals surface area contributed by atoms with Gasteiger partial charge >= 0.3 is 0 Å². The molecule has 2 N–H and O–H groups in total. The summed E-state index contributed by atoms with van der Waals surface area (Å²) >= 11 is 0. The number of ketones is 1. The Morgan fingerprint density at radius 2 is 1.35 bits per heavy atom. The highest BCUT2D eigenvalue weighted by molar-refractivity contribution is 6.20. The van der Waals surface area contributed by atoms with Crippen LogP contribution in [0.2, 0.25) is 0 Å². The van der Waals surface area contributed by atoms with Crippen LogP contribution in [0.25, 0.3) is 22.1 Å². The molecule has 0 aliphatic heterocycles. The highest BCUT2D eigenvalue weighted by atomic mass is 16.1. The monoisotopic (exact) mass is 262 g/mol. The molecule has 20 heavy (non-hydrogen) atoms. The average molecular weight is 262 g/mol. The number of hydrogen-bond acceptors (Lipinski definition) is 3. The van der Waals surface area contributed by atoms with E-state index >= 15 is 0 Å². The van der Waals surface area contributed by atoms with E-state index in [0.717, 1.165) is 10.8 Å². The van der Waals surface area contributed by atoms with Gasteiger partial charge < -0.3 is 9.97 Å². The van der Waals surface area contributed by atoms with Gasteiger partial charge in [0.15, 0.2) is 5.78 Å². The number of nitrogens with one attached hydrogen (secondary N) is 2. The molecular formula is C15H10N4O. The first-order chi connectivity index (χ1) is 9.84. The number of carbonyl (C=O) groups is 1. The van der Waals surface area contributed by atoms with Crippen molar-refractivity contribution >= 4 is 27.9 Å². The summed E-state index contributed by atoms with van der Waals surface area (Å²) in [4.78, 5) is 27.1. The Labute approximate surface area is 113 Å². The largest absolute Gasteiger partial charge is 0.345 e. The second-order valence-electron chi connectivity index (χ2n) is 4.53. The fourth-order valence-electron chi connectivity index (χ4n) is 2.43. The Morgan fingerprint density at radius 1 is 0.850 bits per heavy atom. The highest BCUT2D eigenvalue weighted by Gasteiger charge is 2.18. The van der Waals surface area contributed by atoms with E-state index in [-0.39, 0.29) is 5.78 Å². The third kappa shape index (κ3) is 1.46. The molecule has 4 aromatic rings. The molecule has 0 bridgehead atoms. The molecule has 0 saturated carbocycles. The number of pyridine rings is 2. The van der Waals surface area contributed by atoms with E-state index < -0.39 is 0 Å². The normalized spacial score (nSPS) is 11.2. The van der Waals surface area contributed by atoms with Crippen molar-refractivity contribution in [3.63, 3.8) is 0 Å². The molecule has 0 spiro atoms. The molecule has 0 unspecified atom stereocenters. The lowest BCUT2D eigenvalue weighted by Gasteiger charge is -1.97. The molecule has 0 aliphatic rings. The van der Waals surface area contributed by atoms with Gasteiger partial charge in [-0.25, -0.2) is 9.97 Å². The molecular weight excluding hydrogens is 252 g/mol. The number of aromatic nitrogens is 4. The van der Waals surface area contributed by atoms with Gasteiger partial charge in [0.05, 0.1) is 0 Å². The summed E-state index contributed by atoms with van der Waals surface area (Å²) in [7, 11) is 0. The quantitative estimate of drug-likeness (QED) is 0.545. The minimum Gasteiger partial charge on any atom is -0.345 e. The lowest BCUT2D eigenvalue weighted by Crippen LogP contribution is -1.99. The van der Waals surface area contributed by atoms with E-state index in [1.807, 2.05) is 24.3 Å². The average Bonchev–Trinajstić information content (AvgIpc) is 3.11. The number of carbonyl (C=O) groups excluding carboxylic acids is 1. The van der Waals surface area contributed by atoms with Crippen LogP contribution in [0.5, 0.6) is 0 Å². The first-order valence-corrected chi connectivity index (χ1v) is 6.23.